The number of nitrogens with zero attached hydrogens (tertiary/aromatic N) is 2. The predicted octanol–water partition coefficient (Wildman–Crippen LogP) is 2.88. The van der Waals surface area contributed by atoms with Crippen molar-refractivity contribution in [1.29, 1.82) is 0 Å². The van der Waals surface area contributed by atoms with Gasteiger partial charge in [-0.15, -0.1) is 0 Å². The minimum absolute atomic E-state index is 0.355. The van der Waals surface area contributed by atoms with Gasteiger partial charge in [0.25, 0.3) is 0 Å². The minimum Gasteiger partial charge on any atom is -0.368 e. The number of hydrogen-bond donors (Lipinski definition) is 1. The second-order valence-corrected chi connectivity index (χ2v) is 5.71. The molecule has 1 N–H and O–H groups in total. The van der Waals surface area contributed by atoms with Crippen molar-refractivity contribution >= 4 is 17.4 Å². The highest BCUT2D eigenvalue weighted by Crippen LogP contribution is 2.31. The number of aromatic nitrogens is 1. The van der Waals surface area contributed by atoms with E-state index in [4.69, 9.17) is 11.6 Å². The molecule has 0 atom stereocenters. The van der Waals surface area contributed by atoms with Gasteiger partial charge in [0.05, 0.1) is 5.02 Å². The standard InChI is InChI=1S/C13H20ClN3/c1-13(5-8-17(2)9-6-13)10-16-12-11(14)4-3-7-15-12/h3-4,7H,5-6,8-10H2,1-2H3,(H,15,16). The summed E-state index contributed by atoms with van der Waals surface area (Å²) in [5.74, 6) is 0.800. The van der Waals surface area contributed by atoms with Gasteiger partial charge in [-0.05, 0) is 50.5 Å². The number of hydrogen-bond acceptors (Lipinski definition) is 3. The van der Waals surface area contributed by atoms with E-state index >= 15 is 0 Å². The summed E-state index contributed by atoms with van der Waals surface area (Å²) in [6, 6.07) is 3.72. The first kappa shape index (κ1) is 12.7. The first-order valence-corrected chi connectivity index (χ1v) is 6.50. The van der Waals surface area contributed by atoms with Gasteiger partial charge in [0.2, 0.25) is 0 Å². The molecule has 1 fully saturated rings. The summed E-state index contributed by atoms with van der Waals surface area (Å²) in [6.45, 7) is 5.63. The lowest BCUT2D eigenvalue weighted by Gasteiger charge is -2.38. The van der Waals surface area contributed by atoms with Gasteiger partial charge in [0, 0.05) is 12.7 Å². The van der Waals surface area contributed by atoms with Gasteiger partial charge in [-0.2, -0.15) is 0 Å². The number of likely N-dealkylation sites (tertiary alicyclic amines) is 1. The van der Waals surface area contributed by atoms with Gasteiger partial charge in [-0.25, -0.2) is 4.98 Å². The molecule has 4 heteroatoms. The molecular formula is C13H20ClN3. The van der Waals surface area contributed by atoms with Crippen molar-refractivity contribution in [3.8, 4) is 0 Å². The van der Waals surface area contributed by atoms with E-state index in [9.17, 15) is 0 Å². The maximum absolute atomic E-state index is 6.08. The summed E-state index contributed by atoms with van der Waals surface area (Å²) in [5, 5.41) is 4.07. The van der Waals surface area contributed by atoms with E-state index in [1.807, 2.05) is 12.1 Å². The van der Waals surface area contributed by atoms with E-state index in [1.54, 1.807) is 6.20 Å². The highest BCUT2D eigenvalue weighted by Gasteiger charge is 2.28. The zero-order valence-corrected chi connectivity index (χ0v) is 11.3. The maximum atomic E-state index is 6.08. The van der Waals surface area contributed by atoms with Gasteiger partial charge in [0.15, 0.2) is 0 Å². The van der Waals surface area contributed by atoms with Crippen molar-refractivity contribution in [2.75, 3.05) is 32.0 Å². The zero-order valence-electron chi connectivity index (χ0n) is 10.5. The van der Waals surface area contributed by atoms with Crippen LogP contribution < -0.4 is 5.32 Å². The molecule has 0 radical (unpaired) electrons. The SMILES string of the molecule is CN1CCC(C)(CNc2ncccc2Cl)CC1. The van der Waals surface area contributed by atoms with Gasteiger partial charge in [-0.3, -0.25) is 0 Å². The Morgan fingerprint density at radius 3 is 2.82 bits per heavy atom. The number of piperidine rings is 1. The molecule has 17 heavy (non-hydrogen) atoms. The van der Waals surface area contributed by atoms with E-state index in [0.717, 1.165) is 12.4 Å². The van der Waals surface area contributed by atoms with Crippen LogP contribution in [0.5, 0.6) is 0 Å². The highest BCUT2D eigenvalue weighted by atomic mass is 35.5. The lowest BCUT2D eigenvalue weighted by atomic mass is 9.80. The van der Waals surface area contributed by atoms with Crippen LogP contribution in [0, 0.1) is 5.41 Å². The number of pyridine rings is 1. The van der Waals surface area contributed by atoms with Crippen LogP contribution in [0.4, 0.5) is 5.82 Å². The van der Waals surface area contributed by atoms with E-state index in [2.05, 4.69) is 29.2 Å². The zero-order chi connectivity index (χ0) is 12.3. The Morgan fingerprint density at radius 2 is 2.18 bits per heavy atom. The largest absolute Gasteiger partial charge is 0.368 e. The molecule has 2 heterocycles. The third-order valence-corrected chi connectivity index (χ3v) is 3.94. The van der Waals surface area contributed by atoms with E-state index in [1.165, 1.54) is 25.9 Å². The second kappa shape index (κ2) is 5.23. The molecular weight excluding hydrogens is 234 g/mol. The molecule has 0 aromatic carbocycles. The molecule has 3 nitrogen and oxygen atoms in total. The summed E-state index contributed by atoms with van der Waals surface area (Å²) in [6.07, 6.45) is 4.22. The Kier molecular flexibility index (Phi) is 3.89. The van der Waals surface area contributed by atoms with Crippen LogP contribution in [-0.4, -0.2) is 36.6 Å². The van der Waals surface area contributed by atoms with E-state index in [0.29, 0.717) is 10.4 Å². The predicted molar refractivity (Wildman–Crippen MR) is 72.6 cm³/mol. The van der Waals surface area contributed by atoms with E-state index in [-0.39, 0.29) is 0 Å². The maximum Gasteiger partial charge on any atom is 0.144 e. The molecule has 0 amide bonds. The Labute approximate surface area is 108 Å². The normalized spacial score (nSPS) is 20.2. The van der Waals surface area contributed by atoms with Crippen LogP contribution >= 0.6 is 11.6 Å². The number of nitrogens with one attached hydrogen (secondary N) is 1. The Hall–Kier alpha value is -0.800. The van der Waals surface area contributed by atoms with Gasteiger partial charge in [-0.1, -0.05) is 18.5 Å². The smallest absolute Gasteiger partial charge is 0.144 e. The summed E-state index contributed by atoms with van der Waals surface area (Å²) >= 11 is 6.08. The van der Waals surface area contributed by atoms with Crippen molar-refractivity contribution in [2.24, 2.45) is 5.41 Å². The van der Waals surface area contributed by atoms with Gasteiger partial charge < -0.3 is 10.2 Å². The molecule has 0 aliphatic carbocycles. The van der Waals surface area contributed by atoms with Crippen molar-refractivity contribution in [1.82, 2.24) is 9.88 Å². The molecule has 1 aliphatic rings. The lowest BCUT2D eigenvalue weighted by Crippen LogP contribution is -2.40. The third kappa shape index (κ3) is 3.33. The van der Waals surface area contributed by atoms with Crippen molar-refractivity contribution < 1.29 is 0 Å². The highest BCUT2D eigenvalue weighted by molar-refractivity contribution is 6.32. The summed E-state index contributed by atoms with van der Waals surface area (Å²) < 4.78 is 0. The third-order valence-electron chi connectivity index (χ3n) is 3.64. The summed E-state index contributed by atoms with van der Waals surface area (Å²) in [4.78, 5) is 6.64. The van der Waals surface area contributed by atoms with Crippen molar-refractivity contribution in [3.05, 3.63) is 23.4 Å². The second-order valence-electron chi connectivity index (χ2n) is 5.30. The summed E-state index contributed by atoms with van der Waals surface area (Å²) in [7, 11) is 2.18. The molecule has 0 bridgehead atoms. The van der Waals surface area contributed by atoms with Crippen LogP contribution in [0.3, 0.4) is 0 Å². The van der Waals surface area contributed by atoms with Gasteiger partial charge >= 0.3 is 0 Å². The van der Waals surface area contributed by atoms with Crippen LogP contribution in [-0.2, 0) is 0 Å². The number of anilines is 1. The van der Waals surface area contributed by atoms with Crippen molar-refractivity contribution in [2.45, 2.75) is 19.8 Å². The molecule has 0 spiro atoms. The number of halogens is 1. The van der Waals surface area contributed by atoms with Crippen LogP contribution in [0.15, 0.2) is 18.3 Å². The Balaban J connectivity index is 1.92. The monoisotopic (exact) mass is 253 g/mol. The van der Waals surface area contributed by atoms with Crippen LogP contribution in [0.1, 0.15) is 19.8 Å². The first-order valence-electron chi connectivity index (χ1n) is 6.12. The molecule has 1 aliphatic heterocycles. The van der Waals surface area contributed by atoms with E-state index < -0.39 is 0 Å². The quantitative estimate of drug-likeness (QED) is 0.898. The summed E-state index contributed by atoms with van der Waals surface area (Å²) in [5.41, 5.74) is 0.355. The lowest BCUT2D eigenvalue weighted by molar-refractivity contribution is 0.150. The molecule has 0 saturated carbocycles. The molecule has 1 aromatic heterocycles. The molecule has 2 rings (SSSR count). The molecule has 94 valence electrons. The van der Waals surface area contributed by atoms with Crippen LogP contribution in [0.25, 0.3) is 0 Å². The molecule has 1 saturated heterocycles. The topological polar surface area (TPSA) is 28.2 Å². The Morgan fingerprint density at radius 1 is 1.47 bits per heavy atom. The Bertz CT molecular complexity index is 373. The fourth-order valence-electron chi connectivity index (χ4n) is 2.15. The van der Waals surface area contributed by atoms with Gasteiger partial charge in [0.1, 0.15) is 5.82 Å². The minimum atomic E-state index is 0.355. The fourth-order valence-corrected chi connectivity index (χ4v) is 2.34. The average Bonchev–Trinajstić information content (AvgIpc) is 2.33. The molecule has 0 unspecified atom stereocenters. The van der Waals surface area contributed by atoms with Crippen molar-refractivity contribution in [3.63, 3.8) is 0 Å². The van der Waals surface area contributed by atoms with Crippen LogP contribution in [0.2, 0.25) is 5.02 Å². The number of rotatable bonds is 3. The average molecular weight is 254 g/mol. The molecule has 1 aromatic rings. The fraction of sp³-hybridized carbons (Fsp3) is 0.615. The first-order chi connectivity index (χ1) is 8.09.